The summed E-state index contributed by atoms with van der Waals surface area (Å²) in [4.78, 5) is 0.398. The molecule has 0 amide bonds. The molecule has 3 N–H and O–H groups in total. The van der Waals surface area contributed by atoms with Gasteiger partial charge in [0.2, 0.25) is 10.0 Å². The van der Waals surface area contributed by atoms with Crippen LogP contribution in [0.25, 0.3) is 0 Å². The first kappa shape index (κ1) is 22.1. The van der Waals surface area contributed by atoms with Crippen molar-refractivity contribution in [1.29, 1.82) is 0 Å². The van der Waals surface area contributed by atoms with Crippen molar-refractivity contribution in [2.45, 2.75) is 65.4 Å². The number of sulfonamides is 1. The van der Waals surface area contributed by atoms with Gasteiger partial charge < -0.3 is 10.8 Å². The molecule has 2 rings (SSSR count). The van der Waals surface area contributed by atoms with Crippen molar-refractivity contribution in [3.63, 3.8) is 0 Å². The molecule has 0 aliphatic carbocycles. The van der Waals surface area contributed by atoms with Crippen molar-refractivity contribution < 1.29 is 13.5 Å². The molecular formula is C19H34N2O3S. The standard InChI is InChI=1S/C13H19NO2S.C6H15NO/c1-10-5-7-11(8-6-10)17(15,16)14-9-12(14)13(2,3)4;1-6(2,3)5(7)4-8/h5-8,12H,9H2,1-4H3;5,8H,4,7H2,1-3H3/t12-,14?;5-/m11/s1. The largest absolute Gasteiger partial charge is 0.395 e. The normalized spacial score (nSPS) is 22.0. The van der Waals surface area contributed by atoms with Crippen LogP contribution in [0.1, 0.15) is 47.1 Å². The highest BCUT2D eigenvalue weighted by atomic mass is 32.2. The molecule has 1 saturated heterocycles. The topological polar surface area (TPSA) is 83.4 Å². The fourth-order valence-corrected chi connectivity index (χ4v) is 3.95. The van der Waals surface area contributed by atoms with Crippen LogP contribution in [0.15, 0.2) is 29.2 Å². The summed E-state index contributed by atoms with van der Waals surface area (Å²) in [7, 11) is -3.28. The highest BCUT2D eigenvalue weighted by Gasteiger charge is 2.50. The molecule has 1 fully saturated rings. The third-order valence-electron chi connectivity index (χ3n) is 4.50. The van der Waals surface area contributed by atoms with Crippen molar-refractivity contribution in [2.75, 3.05) is 13.2 Å². The average molecular weight is 371 g/mol. The summed E-state index contributed by atoms with van der Waals surface area (Å²) in [6, 6.07) is 7.08. The molecule has 1 aromatic carbocycles. The molecule has 1 aliphatic heterocycles. The molecule has 1 unspecified atom stereocenters. The van der Waals surface area contributed by atoms with Crippen LogP contribution in [0, 0.1) is 17.8 Å². The fraction of sp³-hybridized carbons (Fsp3) is 0.684. The molecule has 5 nitrogen and oxygen atoms in total. The summed E-state index contributed by atoms with van der Waals surface area (Å²) in [6.07, 6.45) is 0. The third kappa shape index (κ3) is 6.06. The molecule has 1 aliphatic rings. The van der Waals surface area contributed by atoms with Gasteiger partial charge in [-0.15, -0.1) is 0 Å². The van der Waals surface area contributed by atoms with E-state index in [0.717, 1.165) is 5.56 Å². The van der Waals surface area contributed by atoms with E-state index in [2.05, 4.69) is 20.8 Å². The zero-order chi connectivity index (χ0) is 19.6. The number of aryl methyl sites for hydroxylation is 1. The smallest absolute Gasteiger partial charge is 0.243 e. The quantitative estimate of drug-likeness (QED) is 0.802. The van der Waals surface area contributed by atoms with Crippen LogP contribution in [0.3, 0.4) is 0 Å². The van der Waals surface area contributed by atoms with Gasteiger partial charge in [-0.25, -0.2) is 8.42 Å². The molecule has 25 heavy (non-hydrogen) atoms. The van der Waals surface area contributed by atoms with E-state index in [0.29, 0.717) is 11.4 Å². The van der Waals surface area contributed by atoms with E-state index in [1.165, 1.54) is 0 Å². The van der Waals surface area contributed by atoms with Crippen LogP contribution >= 0.6 is 0 Å². The Kier molecular flexibility index (Phi) is 6.84. The monoisotopic (exact) mass is 370 g/mol. The highest BCUT2D eigenvalue weighted by molar-refractivity contribution is 7.89. The molecule has 0 radical (unpaired) electrons. The molecule has 6 heteroatoms. The number of nitrogens with zero attached hydrogens (tertiary/aromatic N) is 1. The Morgan fingerprint density at radius 1 is 1.16 bits per heavy atom. The van der Waals surface area contributed by atoms with Crippen LogP contribution in [-0.4, -0.2) is 43.1 Å². The first-order valence-corrected chi connectivity index (χ1v) is 10.1. The Balaban J connectivity index is 0.000000333. The molecule has 0 aromatic heterocycles. The van der Waals surface area contributed by atoms with Gasteiger partial charge in [0.25, 0.3) is 0 Å². The minimum Gasteiger partial charge on any atom is -0.395 e. The molecule has 0 bridgehead atoms. The zero-order valence-corrected chi connectivity index (χ0v) is 17.4. The summed E-state index contributed by atoms with van der Waals surface area (Å²) in [6.45, 7) is 14.9. The lowest BCUT2D eigenvalue weighted by atomic mass is 9.88. The van der Waals surface area contributed by atoms with Crippen LogP contribution in [0.2, 0.25) is 0 Å². The molecule has 1 aromatic rings. The first-order valence-electron chi connectivity index (χ1n) is 8.66. The number of aliphatic hydroxyl groups excluding tert-OH is 1. The third-order valence-corrected chi connectivity index (χ3v) is 6.39. The Bertz CT molecular complexity index is 655. The number of rotatable bonds is 3. The molecular weight excluding hydrogens is 336 g/mol. The lowest BCUT2D eigenvalue weighted by Gasteiger charge is -2.24. The van der Waals surface area contributed by atoms with E-state index in [-0.39, 0.29) is 29.5 Å². The van der Waals surface area contributed by atoms with Crippen molar-refractivity contribution in [3.8, 4) is 0 Å². The predicted octanol–water partition coefficient (Wildman–Crippen LogP) is 2.77. The summed E-state index contributed by atoms with van der Waals surface area (Å²) in [5, 5.41) is 8.55. The van der Waals surface area contributed by atoms with Crippen molar-refractivity contribution in [2.24, 2.45) is 16.6 Å². The van der Waals surface area contributed by atoms with E-state index in [9.17, 15) is 8.42 Å². The molecule has 144 valence electrons. The molecule has 0 saturated carbocycles. The van der Waals surface area contributed by atoms with Crippen LogP contribution in [0.4, 0.5) is 0 Å². The average Bonchev–Trinajstić information content (AvgIpc) is 3.27. The predicted molar refractivity (Wildman–Crippen MR) is 103 cm³/mol. The van der Waals surface area contributed by atoms with Gasteiger partial charge in [0.1, 0.15) is 0 Å². The fourth-order valence-electron chi connectivity index (χ4n) is 2.21. The number of hydrogen-bond acceptors (Lipinski definition) is 4. The van der Waals surface area contributed by atoms with Crippen molar-refractivity contribution in [1.82, 2.24) is 4.31 Å². The van der Waals surface area contributed by atoms with E-state index in [1.54, 1.807) is 16.4 Å². The Morgan fingerprint density at radius 2 is 1.64 bits per heavy atom. The second kappa shape index (κ2) is 7.74. The minimum absolute atomic E-state index is 0.0117. The Morgan fingerprint density at radius 3 is 1.92 bits per heavy atom. The van der Waals surface area contributed by atoms with Crippen LogP contribution in [0.5, 0.6) is 0 Å². The van der Waals surface area contributed by atoms with Gasteiger partial charge in [-0.05, 0) is 29.9 Å². The van der Waals surface area contributed by atoms with Crippen molar-refractivity contribution in [3.05, 3.63) is 29.8 Å². The van der Waals surface area contributed by atoms with Gasteiger partial charge in [0.05, 0.1) is 11.5 Å². The first-order chi connectivity index (χ1) is 11.2. The molecule has 0 spiro atoms. The summed E-state index contributed by atoms with van der Waals surface area (Å²) < 4.78 is 26.2. The SMILES string of the molecule is CC(C)(C)[C@H](N)CO.Cc1ccc(S(=O)(=O)N2C[C@@H]2C(C)(C)C)cc1. The van der Waals surface area contributed by atoms with Crippen molar-refractivity contribution >= 4 is 10.0 Å². The van der Waals surface area contributed by atoms with E-state index in [1.807, 2.05) is 39.8 Å². The van der Waals surface area contributed by atoms with Gasteiger partial charge in [-0.3, -0.25) is 0 Å². The molecule has 3 atom stereocenters. The second-order valence-electron chi connectivity index (χ2n) is 8.92. The van der Waals surface area contributed by atoms with Gasteiger partial charge in [0.15, 0.2) is 0 Å². The summed E-state index contributed by atoms with van der Waals surface area (Å²) in [5.74, 6) is 0. The maximum atomic E-state index is 12.3. The van der Waals surface area contributed by atoms with Crippen LogP contribution in [-0.2, 0) is 10.0 Å². The van der Waals surface area contributed by atoms with Crippen LogP contribution < -0.4 is 5.73 Å². The maximum Gasteiger partial charge on any atom is 0.243 e. The van der Waals surface area contributed by atoms with Gasteiger partial charge in [0, 0.05) is 18.6 Å². The Labute approximate surface area is 153 Å². The van der Waals surface area contributed by atoms with E-state index < -0.39 is 10.0 Å². The summed E-state index contributed by atoms with van der Waals surface area (Å²) >= 11 is 0. The van der Waals surface area contributed by atoms with Gasteiger partial charge >= 0.3 is 0 Å². The lowest BCUT2D eigenvalue weighted by molar-refractivity contribution is 0.189. The number of nitrogens with two attached hydrogens (primary N) is 1. The number of aliphatic hydroxyl groups is 1. The second-order valence-corrected chi connectivity index (χ2v) is 10.8. The molecule has 1 heterocycles. The lowest BCUT2D eigenvalue weighted by Crippen LogP contribution is -2.37. The zero-order valence-electron chi connectivity index (χ0n) is 16.6. The number of hydrogen-bond donors (Lipinski definition) is 2. The van der Waals surface area contributed by atoms with Gasteiger partial charge in [-0.1, -0.05) is 59.2 Å². The summed E-state index contributed by atoms with van der Waals surface area (Å²) in [5.41, 5.74) is 6.62. The number of benzene rings is 1. The van der Waals surface area contributed by atoms with Gasteiger partial charge in [-0.2, -0.15) is 4.31 Å². The minimum atomic E-state index is -3.28. The highest BCUT2D eigenvalue weighted by Crippen LogP contribution is 2.39. The van der Waals surface area contributed by atoms with E-state index in [4.69, 9.17) is 10.8 Å². The van der Waals surface area contributed by atoms with E-state index >= 15 is 0 Å². The maximum absolute atomic E-state index is 12.3. The Hall–Kier alpha value is -0.950.